The molecule has 0 bridgehead atoms. The fraction of sp³-hybridized carbons (Fsp3) is 0.100. The zero-order valence-electron chi connectivity index (χ0n) is 7.89. The molecule has 1 aliphatic rings. The molecule has 2 rings (SSSR count). The van der Waals surface area contributed by atoms with Gasteiger partial charge in [0.05, 0.1) is 0 Å². The van der Waals surface area contributed by atoms with Crippen molar-refractivity contribution in [2.24, 2.45) is 5.16 Å². The third kappa shape index (κ3) is 1.92. The van der Waals surface area contributed by atoms with Crippen LogP contribution in [0, 0.1) is 0 Å². The Labute approximate surface area is 90.3 Å². The molecule has 0 fully saturated rings. The smallest absolute Gasteiger partial charge is 0.317 e. The number of Topliss-reactive ketones (excluding diaryl/α,β-unsaturated/α-hetero) is 1. The summed E-state index contributed by atoms with van der Waals surface area (Å²) in [4.78, 5) is 27.5. The molecule has 0 saturated heterocycles. The van der Waals surface area contributed by atoms with Gasteiger partial charge < -0.3 is 4.84 Å². The van der Waals surface area contributed by atoms with Crippen LogP contribution in [0.15, 0.2) is 34.3 Å². The predicted octanol–water partition coefficient (Wildman–Crippen LogP) is 1.85. The standard InChI is InChI=1S/C10H7NO3S/c1-6(12)14-11-10-9(13)7-4-2-3-5-8(7)15-10/h2-5H,1H3/b11-10-. The first kappa shape index (κ1) is 9.92. The maximum atomic E-state index is 11.7. The maximum absolute atomic E-state index is 11.7. The number of fused-ring (bicyclic) bond motifs is 1. The highest BCUT2D eigenvalue weighted by molar-refractivity contribution is 8.16. The van der Waals surface area contributed by atoms with Gasteiger partial charge in [-0.05, 0) is 12.1 Å². The average molecular weight is 221 g/mol. The van der Waals surface area contributed by atoms with Crippen LogP contribution >= 0.6 is 11.8 Å². The second kappa shape index (κ2) is 3.86. The minimum absolute atomic E-state index is 0.197. The summed E-state index contributed by atoms with van der Waals surface area (Å²) in [5.74, 6) is -0.733. The number of carbonyl (C=O) groups is 2. The lowest BCUT2D eigenvalue weighted by Gasteiger charge is -1.91. The molecule has 0 amide bonds. The Morgan fingerprint density at radius 1 is 1.40 bits per heavy atom. The van der Waals surface area contributed by atoms with E-state index in [1.807, 2.05) is 12.1 Å². The molecule has 5 heteroatoms. The number of hydrogen-bond donors (Lipinski definition) is 0. The largest absolute Gasteiger partial charge is 0.332 e. The van der Waals surface area contributed by atoms with Gasteiger partial charge in [-0.2, -0.15) is 0 Å². The summed E-state index contributed by atoms with van der Waals surface area (Å²) >= 11 is 1.21. The summed E-state index contributed by atoms with van der Waals surface area (Å²) in [5, 5.41) is 3.70. The van der Waals surface area contributed by atoms with Crippen LogP contribution in [0.1, 0.15) is 17.3 Å². The molecular weight excluding hydrogens is 214 g/mol. The van der Waals surface area contributed by atoms with E-state index in [2.05, 4.69) is 9.99 Å². The van der Waals surface area contributed by atoms with Gasteiger partial charge in [-0.15, -0.1) is 0 Å². The summed E-state index contributed by atoms with van der Waals surface area (Å²) in [5.41, 5.74) is 0.605. The van der Waals surface area contributed by atoms with Gasteiger partial charge in [0.15, 0.2) is 5.04 Å². The Hall–Kier alpha value is -1.62. The molecule has 0 unspecified atom stereocenters. The number of rotatable bonds is 1. The van der Waals surface area contributed by atoms with E-state index in [4.69, 9.17) is 0 Å². The van der Waals surface area contributed by atoms with Crippen molar-refractivity contribution in [3.8, 4) is 0 Å². The first-order chi connectivity index (χ1) is 7.18. The quantitative estimate of drug-likeness (QED) is 0.536. The van der Waals surface area contributed by atoms with E-state index in [-0.39, 0.29) is 10.8 Å². The van der Waals surface area contributed by atoms with Crippen LogP contribution < -0.4 is 0 Å². The number of benzene rings is 1. The fourth-order valence-electron chi connectivity index (χ4n) is 1.17. The van der Waals surface area contributed by atoms with E-state index >= 15 is 0 Å². The molecule has 0 radical (unpaired) electrons. The molecule has 0 N–H and O–H groups in total. The topological polar surface area (TPSA) is 55.7 Å². The van der Waals surface area contributed by atoms with E-state index < -0.39 is 5.97 Å². The van der Waals surface area contributed by atoms with E-state index in [9.17, 15) is 9.59 Å². The Kier molecular flexibility index (Phi) is 2.55. The molecule has 1 aromatic rings. The number of thioether (sulfide) groups is 1. The summed E-state index contributed by atoms with van der Waals surface area (Å²) in [6.07, 6.45) is 0. The molecule has 0 atom stereocenters. The first-order valence-corrected chi connectivity index (χ1v) is 5.07. The van der Waals surface area contributed by atoms with Crippen LogP contribution in [0.5, 0.6) is 0 Å². The van der Waals surface area contributed by atoms with Gasteiger partial charge in [0, 0.05) is 17.4 Å². The molecule has 15 heavy (non-hydrogen) atoms. The second-order valence-corrected chi connectivity index (χ2v) is 3.94. The van der Waals surface area contributed by atoms with Crippen LogP contribution in [0.2, 0.25) is 0 Å². The lowest BCUT2D eigenvalue weighted by Crippen LogP contribution is -2.05. The van der Waals surface area contributed by atoms with Crippen LogP contribution in [0.4, 0.5) is 0 Å². The minimum atomic E-state index is -0.535. The molecule has 0 aliphatic carbocycles. The summed E-state index contributed by atoms with van der Waals surface area (Å²) < 4.78 is 0. The van der Waals surface area contributed by atoms with Crippen molar-refractivity contribution in [3.63, 3.8) is 0 Å². The highest BCUT2D eigenvalue weighted by Gasteiger charge is 2.27. The molecule has 76 valence electrons. The highest BCUT2D eigenvalue weighted by Crippen LogP contribution is 2.32. The third-order valence-corrected chi connectivity index (χ3v) is 2.82. The van der Waals surface area contributed by atoms with Crippen LogP contribution in [-0.2, 0) is 9.63 Å². The normalized spacial score (nSPS) is 16.6. The maximum Gasteiger partial charge on any atom is 0.332 e. The van der Waals surface area contributed by atoms with Crippen molar-refractivity contribution in [3.05, 3.63) is 29.8 Å². The van der Waals surface area contributed by atoms with Gasteiger partial charge >= 0.3 is 5.97 Å². The number of hydrogen-bond acceptors (Lipinski definition) is 5. The summed E-state index contributed by atoms with van der Waals surface area (Å²) in [6, 6.07) is 7.18. The number of carbonyl (C=O) groups excluding carboxylic acids is 2. The summed E-state index contributed by atoms with van der Waals surface area (Å²) in [6.45, 7) is 1.24. The zero-order valence-corrected chi connectivity index (χ0v) is 8.71. The van der Waals surface area contributed by atoms with Crippen molar-refractivity contribution < 1.29 is 14.4 Å². The Balaban J connectivity index is 2.27. The fourth-order valence-corrected chi connectivity index (χ4v) is 2.08. The molecule has 0 spiro atoms. The number of ketones is 1. The van der Waals surface area contributed by atoms with Gasteiger partial charge in [-0.25, -0.2) is 4.79 Å². The third-order valence-electron chi connectivity index (χ3n) is 1.79. The van der Waals surface area contributed by atoms with E-state index in [0.717, 1.165) is 4.90 Å². The van der Waals surface area contributed by atoms with Gasteiger partial charge in [0.1, 0.15) is 0 Å². The minimum Gasteiger partial charge on any atom is -0.317 e. The lowest BCUT2D eigenvalue weighted by atomic mass is 10.1. The summed E-state index contributed by atoms with van der Waals surface area (Å²) in [7, 11) is 0. The van der Waals surface area contributed by atoms with Gasteiger partial charge in [-0.3, -0.25) is 4.79 Å². The molecule has 0 saturated carbocycles. The molecule has 1 aromatic carbocycles. The number of oxime groups is 1. The van der Waals surface area contributed by atoms with Gasteiger partial charge in [0.2, 0.25) is 5.78 Å². The van der Waals surface area contributed by atoms with Crippen LogP contribution in [0.25, 0.3) is 0 Å². The van der Waals surface area contributed by atoms with Crippen molar-refractivity contribution in [2.75, 3.05) is 0 Å². The van der Waals surface area contributed by atoms with E-state index in [0.29, 0.717) is 5.56 Å². The van der Waals surface area contributed by atoms with E-state index in [1.54, 1.807) is 12.1 Å². The SMILES string of the molecule is CC(=O)O/N=C1\Sc2ccccc2C1=O. The van der Waals surface area contributed by atoms with Gasteiger partial charge in [0.25, 0.3) is 0 Å². The monoisotopic (exact) mass is 221 g/mol. The zero-order chi connectivity index (χ0) is 10.8. The van der Waals surface area contributed by atoms with Crippen molar-refractivity contribution >= 4 is 28.6 Å². The Bertz CT molecular complexity index is 467. The molecule has 1 aliphatic heterocycles. The predicted molar refractivity (Wildman–Crippen MR) is 55.8 cm³/mol. The average Bonchev–Trinajstić information content (AvgIpc) is 2.54. The molecule has 1 heterocycles. The second-order valence-electron chi connectivity index (χ2n) is 2.91. The Morgan fingerprint density at radius 3 is 2.80 bits per heavy atom. The molecular formula is C10H7NO3S. The number of nitrogens with zero attached hydrogens (tertiary/aromatic N) is 1. The van der Waals surface area contributed by atoms with Crippen molar-refractivity contribution in [2.45, 2.75) is 11.8 Å². The van der Waals surface area contributed by atoms with Crippen molar-refractivity contribution in [1.29, 1.82) is 0 Å². The van der Waals surface area contributed by atoms with Gasteiger partial charge in [-0.1, -0.05) is 29.1 Å². The first-order valence-electron chi connectivity index (χ1n) is 4.25. The lowest BCUT2D eigenvalue weighted by molar-refractivity contribution is -0.140. The van der Waals surface area contributed by atoms with Crippen LogP contribution in [0.3, 0.4) is 0 Å². The van der Waals surface area contributed by atoms with Crippen LogP contribution in [-0.4, -0.2) is 16.8 Å². The molecule has 0 aromatic heterocycles. The van der Waals surface area contributed by atoms with Crippen molar-refractivity contribution in [1.82, 2.24) is 0 Å². The Morgan fingerprint density at radius 2 is 2.13 bits per heavy atom. The highest BCUT2D eigenvalue weighted by atomic mass is 32.2. The van der Waals surface area contributed by atoms with E-state index in [1.165, 1.54) is 18.7 Å². The molecule has 4 nitrogen and oxygen atoms in total.